The molecule has 0 amide bonds. The Balaban J connectivity index is 1.34. The zero-order chi connectivity index (χ0) is 21.6. The van der Waals surface area contributed by atoms with E-state index in [4.69, 9.17) is 10.00 Å². The maximum absolute atomic E-state index is 8.84. The van der Waals surface area contributed by atoms with Crippen molar-refractivity contribution in [3.05, 3.63) is 47.4 Å². The summed E-state index contributed by atoms with van der Waals surface area (Å²) in [6.45, 7) is 3.16. The van der Waals surface area contributed by atoms with Crippen LogP contribution in [0, 0.1) is 11.3 Å². The quantitative estimate of drug-likeness (QED) is 0.528. The average molecular weight is 423 g/mol. The lowest BCUT2D eigenvalue weighted by molar-refractivity contribution is 0.234. The number of benzene rings is 1. The minimum Gasteiger partial charge on any atom is -0.496 e. The van der Waals surface area contributed by atoms with Crippen LogP contribution in [0.4, 0.5) is 5.82 Å². The van der Waals surface area contributed by atoms with Crippen LogP contribution in [0.1, 0.15) is 42.1 Å². The molecule has 2 atom stereocenters. The highest BCUT2D eigenvalue weighted by molar-refractivity contribution is 5.41. The SMILES string of the molecule is COc1cc(CNC2CCN(C)CC2)ccc1C1CC(Nc2cnc(C#N)cn2)NN1. The van der Waals surface area contributed by atoms with Crippen molar-refractivity contribution >= 4 is 5.82 Å². The van der Waals surface area contributed by atoms with Gasteiger partial charge >= 0.3 is 0 Å². The van der Waals surface area contributed by atoms with Gasteiger partial charge in [-0.15, -0.1) is 0 Å². The zero-order valence-electron chi connectivity index (χ0n) is 18.1. The molecule has 4 rings (SSSR count). The minimum atomic E-state index is -0.0114. The molecule has 9 nitrogen and oxygen atoms in total. The molecular weight excluding hydrogens is 392 g/mol. The van der Waals surface area contributed by atoms with Crippen LogP contribution >= 0.6 is 0 Å². The number of likely N-dealkylation sites (tertiary alicyclic amines) is 1. The third-order valence-electron chi connectivity index (χ3n) is 5.98. The van der Waals surface area contributed by atoms with Gasteiger partial charge in [-0.1, -0.05) is 12.1 Å². The van der Waals surface area contributed by atoms with Gasteiger partial charge in [-0.25, -0.2) is 20.8 Å². The number of hydrogen-bond donors (Lipinski definition) is 4. The Labute approximate surface area is 183 Å². The number of ether oxygens (including phenoxy) is 1. The number of methoxy groups -OCH3 is 1. The summed E-state index contributed by atoms with van der Waals surface area (Å²) < 4.78 is 5.71. The third-order valence-corrected chi connectivity index (χ3v) is 5.98. The number of hydrazine groups is 1. The van der Waals surface area contributed by atoms with Crippen LogP contribution in [0.3, 0.4) is 0 Å². The highest BCUT2D eigenvalue weighted by atomic mass is 16.5. The topological polar surface area (TPSA) is 110 Å². The van der Waals surface area contributed by atoms with Crippen molar-refractivity contribution in [1.82, 2.24) is 31.0 Å². The average Bonchev–Trinajstić information content (AvgIpc) is 3.27. The molecule has 2 unspecified atom stereocenters. The summed E-state index contributed by atoms with van der Waals surface area (Å²) >= 11 is 0. The molecule has 4 N–H and O–H groups in total. The number of nitrogens with zero attached hydrogens (tertiary/aromatic N) is 4. The maximum atomic E-state index is 8.84. The van der Waals surface area contributed by atoms with Crippen LogP contribution in [0.5, 0.6) is 5.75 Å². The van der Waals surface area contributed by atoms with Gasteiger partial charge in [0.25, 0.3) is 0 Å². The number of nitriles is 1. The molecule has 1 aromatic carbocycles. The van der Waals surface area contributed by atoms with Gasteiger partial charge in [0.1, 0.15) is 17.6 Å². The summed E-state index contributed by atoms with van der Waals surface area (Å²) in [6, 6.07) is 9.11. The van der Waals surface area contributed by atoms with E-state index >= 15 is 0 Å². The van der Waals surface area contributed by atoms with Crippen LogP contribution in [-0.2, 0) is 6.54 Å². The molecule has 0 spiro atoms. The van der Waals surface area contributed by atoms with Crippen LogP contribution in [0.15, 0.2) is 30.6 Å². The molecule has 0 radical (unpaired) electrons. The van der Waals surface area contributed by atoms with E-state index in [0.29, 0.717) is 17.6 Å². The maximum Gasteiger partial charge on any atom is 0.158 e. The van der Waals surface area contributed by atoms with Gasteiger partial charge < -0.3 is 20.3 Å². The summed E-state index contributed by atoms with van der Waals surface area (Å²) in [7, 11) is 3.90. The third kappa shape index (κ3) is 5.48. The molecule has 2 aliphatic heterocycles. The second kappa shape index (κ2) is 10.0. The summed E-state index contributed by atoms with van der Waals surface area (Å²) in [5, 5.41) is 15.8. The second-order valence-electron chi connectivity index (χ2n) is 8.21. The Hall–Kier alpha value is -2.77. The number of anilines is 1. The molecule has 3 heterocycles. The Bertz CT molecular complexity index is 905. The summed E-state index contributed by atoms with van der Waals surface area (Å²) in [4.78, 5) is 10.7. The van der Waals surface area contributed by atoms with Gasteiger partial charge in [-0.3, -0.25) is 0 Å². The summed E-state index contributed by atoms with van der Waals surface area (Å²) in [5.41, 5.74) is 9.24. The molecule has 2 saturated heterocycles. The Morgan fingerprint density at radius 2 is 2.06 bits per heavy atom. The van der Waals surface area contributed by atoms with Crippen LogP contribution in [-0.4, -0.2) is 54.3 Å². The highest BCUT2D eigenvalue weighted by Gasteiger charge is 2.27. The molecule has 164 valence electrons. The van der Waals surface area contributed by atoms with E-state index in [2.05, 4.69) is 61.6 Å². The summed E-state index contributed by atoms with van der Waals surface area (Å²) in [5.74, 6) is 1.52. The first kappa shape index (κ1) is 21.5. The molecule has 1 aromatic heterocycles. The molecule has 2 fully saturated rings. The normalized spacial score (nSPS) is 22.2. The molecule has 2 aromatic rings. The van der Waals surface area contributed by atoms with Gasteiger partial charge in [-0.05, 0) is 44.6 Å². The summed E-state index contributed by atoms with van der Waals surface area (Å²) in [6.07, 6.45) is 6.22. The van der Waals surface area contributed by atoms with Crippen molar-refractivity contribution in [3.63, 3.8) is 0 Å². The van der Waals surface area contributed by atoms with Gasteiger partial charge in [0.15, 0.2) is 5.69 Å². The van der Waals surface area contributed by atoms with Crippen molar-refractivity contribution in [2.45, 2.75) is 44.1 Å². The van der Waals surface area contributed by atoms with Crippen molar-refractivity contribution in [1.29, 1.82) is 5.26 Å². The molecular formula is C22H30N8O. The van der Waals surface area contributed by atoms with Crippen LogP contribution < -0.4 is 26.2 Å². The zero-order valence-corrected chi connectivity index (χ0v) is 18.1. The predicted molar refractivity (Wildman–Crippen MR) is 118 cm³/mol. The number of rotatable bonds is 7. The van der Waals surface area contributed by atoms with Gasteiger partial charge in [-0.2, -0.15) is 5.26 Å². The predicted octanol–water partition coefficient (Wildman–Crippen LogP) is 1.52. The van der Waals surface area contributed by atoms with Crippen molar-refractivity contribution in [2.24, 2.45) is 0 Å². The molecule has 2 aliphatic rings. The van der Waals surface area contributed by atoms with E-state index in [9.17, 15) is 0 Å². The number of hydrogen-bond acceptors (Lipinski definition) is 9. The van der Waals surface area contributed by atoms with Gasteiger partial charge in [0.2, 0.25) is 0 Å². The fourth-order valence-corrected chi connectivity index (χ4v) is 4.12. The molecule has 31 heavy (non-hydrogen) atoms. The Morgan fingerprint density at radius 1 is 1.23 bits per heavy atom. The van der Waals surface area contributed by atoms with Crippen molar-refractivity contribution < 1.29 is 4.74 Å². The Morgan fingerprint density at radius 3 is 2.77 bits per heavy atom. The fourth-order valence-electron chi connectivity index (χ4n) is 4.12. The monoisotopic (exact) mass is 422 g/mol. The number of aromatic nitrogens is 2. The first-order valence-electron chi connectivity index (χ1n) is 10.7. The molecule has 0 aliphatic carbocycles. The van der Waals surface area contributed by atoms with Crippen molar-refractivity contribution in [2.75, 3.05) is 32.6 Å². The van der Waals surface area contributed by atoms with Crippen LogP contribution in [0.2, 0.25) is 0 Å². The van der Waals surface area contributed by atoms with Gasteiger partial charge in [0.05, 0.1) is 31.7 Å². The lowest BCUT2D eigenvalue weighted by Crippen LogP contribution is -2.40. The lowest BCUT2D eigenvalue weighted by atomic mass is 10.0. The van der Waals surface area contributed by atoms with E-state index in [1.165, 1.54) is 24.6 Å². The van der Waals surface area contributed by atoms with E-state index in [0.717, 1.165) is 37.4 Å². The first-order chi connectivity index (χ1) is 15.1. The molecule has 0 saturated carbocycles. The van der Waals surface area contributed by atoms with E-state index in [-0.39, 0.29) is 12.2 Å². The van der Waals surface area contributed by atoms with E-state index in [1.54, 1.807) is 13.3 Å². The van der Waals surface area contributed by atoms with E-state index in [1.807, 2.05) is 6.07 Å². The van der Waals surface area contributed by atoms with Crippen LogP contribution in [0.25, 0.3) is 0 Å². The van der Waals surface area contributed by atoms with E-state index < -0.39 is 0 Å². The molecule has 9 heteroatoms. The number of nitrogens with one attached hydrogen (secondary N) is 4. The smallest absolute Gasteiger partial charge is 0.158 e. The molecule has 0 bridgehead atoms. The van der Waals surface area contributed by atoms with Crippen molar-refractivity contribution in [3.8, 4) is 11.8 Å². The van der Waals surface area contributed by atoms with Gasteiger partial charge in [0, 0.05) is 24.6 Å². The Kier molecular flexibility index (Phi) is 6.94. The minimum absolute atomic E-state index is 0.0114. The number of piperidine rings is 1. The largest absolute Gasteiger partial charge is 0.496 e. The first-order valence-corrected chi connectivity index (χ1v) is 10.7. The fraction of sp³-hybridized carbons (Fsp3) is 0.500. The lowest BCUT2D eigenvalue weighted by Gasteiger charge is -2.29. The standard InChI is InChI=1S/C22H30N8O/c1-30-7-5-16(6-8-30)24-12-15-3-4-18(20(9-15)31-2)19-10-21(29-28-19)27-22-14-25-17(11-23)13-26-22/h3-4,9,13-14,16,19,21,24,28-29H,5-8,10,12H2,1-2H3,(H,26,27). The highest BCUT2D eigenvalue weighted by Crippen LogP contribution is 2.31. The second-order valence-corrected chi connectivity index (χ2v) is 8.21.